The lowest BCUT2D eigenvalue weighted by atomic mass is 10.1. The Balaban J connectivity index is 1.64. The van der Waals surface area contributed by atoms with Crippen LogP contribution in [0.25, 0.3) is 22.3 Å². The van der Waals surface area contributed by atoms with Crippen molar-refractivity contribution in [1.29, 1.82) is 0 Å². The van der Waals surface area contributed by atoms with Gasteiger partial charge in [-0.2, -0.15) is 12.7 Å². The third-order valence-electron chi connectivity index (χ3n) is 5.34. The molecule has 3 heterocycles. The van der Waals surface area contributed by atoms with Gasteiger partial charge in [0, 0.05) is 50.8 Å². The predicted molar refractivity (Wildman–Crippen MR) is 122 cm³/mol. The van der Waals surface area contributed by atoms with Gasteiger partial charge in [-0.15, -0.1) is 0 Å². The van der Waals surface area contributed by atoms with Gasteiger partial charge in [-0.05, 0) is 25.1 Å². The van der Waals surface area contributed by atoms with Crippen molar-refractivity contribution >= 4 is 26.9 Å². The summed E-state index contributed by atoms with van der Waals surface area (Å²) in [6.07, 6.45) is 2.19. The first-order chi connectivity index (χ1) is 15.2. The standard InChI is InChI=1S/C21H26N6O4S/c1-14(19-13-27(10-11-30-19)32(22,28)29)31-21-20-18(23-8-9-24-20)12-17(25-21)15-4-6-16(7-5-15)26(2)3/h4-9,12,14,19H,10-11,13H2,1-3H3,(H2,22,28,29)/t14?,19-/m0/s1. The smallest absolute Gasteiger partial charge is 0.277 e. The maximum Gasteiger partial charge on any atom is 0.277 e. The lowest BCUT2D eigenvalue weighted by Crippen LogP contribution is -2.52. The Labute approximate surface area is 187 Å². The van der Waals surface area contributed by atoms with E-state index in [1.807, 2.05) is 49.3 Å². The molecule has 11 heteroatoms. The number of fused-ring (bicyclic) bond motifs is 1. The molecule has 4 rings (SSSR count). The van der Waals surface area contributed by atoms with Crippen LogP contribution in [0.3, 0.4) is 0 Å². The number of anilines is 1. The maximum atomic E-state index is 11.7. The molecule has 1 saturated heterocycles. The second-order valence-electron chi connectivity index (χ2n) is 7.81. The average molecular weight is 459 g/mol. The van der Waals surface area contributed by atoms with Crippen molar-refractivity contribution in [2.45, 2.75) is 19.1 Å². The highest BCUT2D eigenvalue weighted by Crippen LogP contribution is 2.29. The number of ether oxygens (including phenoxy) is 2. The van der Waals surface area contributed by atoms with E-state index in [4.69, 9.17) is 19.6 Å². The van der Waals surface area contributed by atoms with E-state index in [-0.39, 0.29) is 19.7 Å². The number of pyridine rings is 1. The highest BCUT2D eigenvalue weighted by Gasteiger charge is 2.32. The zero-order valence-corrected chi connectivity index (χ0v) is 19.0. The molecule has 32 heavy (non-hydrogen) atoms. The van der Waals surface area contributed by atoms with Crippen molar-refractivity contribution in [1.82, 2.24) is 19.3 Å². The molecule has 1 aromatic carbocycles. The fourth-order valence-corrected chi connectivity index (χ4v) is 4.21. The fourth-order valence-electron chi connectivity index (χ4n) is 3.52. The van der Waals surface area contributed by atoms with Gasteiger partial charge in [-0.1, -0.05) is 12.1 Å². The molecule has 3 aromatic rings. The molecule has 1 aliphatic rings. The summed E-state index contributed by atoms with van der Waals surface area (Å²) < 4.78 is 36.5. The molecule has 2 atom stereocenters. The monoisotopic (exact) mass is 458 g/mol. The zero-order chi connectivity index (χ0) is 22.9. The van der Waals surface area contributed by atoms with Crippen LogP contribution in [0.4, 0.5) is 5.69 Å². The summed E-state index contributed by atoms with van der Waals surface area (Å²) in [6, 6.07) is 9.87. The van der Waals surface area contributed by atoms with Crippen molar-refractivity contribution in [2.75, 3.05) is 38.7 Å². The summed E-state index contributed by atoms with van der Waals surface area (Å²) in [5.41, 5.74) is 3.85. The van der Waals surface area contributed by atoms with E-state index in [1.54, 1.807) is 19.3 Å². The molecule has 1 aliphatic heterocycles. The Morgan fingerprint density at radius 1 is 1.22 bits per heavy atom. The van der Waals surface area contributed by atoms with E-state index >= 15 is 0 Å². The molecule has 0 aliphatic carbocycles. The topological polar surface area (TPSA) is 124 Å². The number of benzene rings is 1. The van der Waals surface area contributed by atoms with Gasteiger partial charge in [-0.3, -0.25) is 4.98 Å². The molecule has 2 N–H and O–H groups in total. The molecule has 0 spiro atoms. The van der Waals surface area contributed by atoms with Crippen LogP contribution in [0.15, 0.2) is 42.7 Å². The average Bonchev–Trinajstić information content (AvgIpc) is 2.78. The molecular formula is C21H26N6O4S. The number of morpholine rings is 1. The van der Waals surface area contributed by atoms with Gasteiger partial charge in [0.1, 0.15) is 12.2 Å². The second kappa shape index (κ2) is 8.94. The lowest BCUT2D eigenvalue weighted by molar-refractivity contribution is -0.0567. The molecule has 0 radical (unpaired) electrons. The van der Waals surface area contributed by atoms with E-state index in [0.29, 0.717) is 22.6 Å². The van der Waals surface area contributed by atoms with E-state index in [2.05, 4.69) is 9.97 Å². The van der Waals surface area contributed by atoms with Crippen molar-refractivity contribution in [3.05, 3.63) is 42.7 Å². The number of rotatable bonds is 6. The molecule has 0 saturated carbocycles. The fraction of sp³-hybridized carbons (Fsp3) is 0.381. The molecular weight excluding hydrogens is 432 g/mol. The van der Waals surface area contributed by atoms with Gasteiger partial charge in [0.25, 0.3) is 10.2 Å². The quantitative estimate of drug-likeness (QED) is 0.588. The van der Waals surface area contributed by atoms with E-state index in [1.165, 1.54) is 4.31 Å². The molecule has 1 unspecified atom stereocenters. The van der Waals surface area contributed by atoms with E-state index < -0.39 is 22.4 Å². The van der Waals surface area contributed by atoms with Crippen LogP contribution in [-0.4, -0.2) is 73.7 Å². The van der Waals surface area contributed by atoms with E-state index in [0.717, 1.165) is 11.3 Å². The molecule has 0 bridgehead atoms. The van der Waals surface area contributed by atoms with Gasteiger partial charge in [0.15, 0.2) is 5.52 Å². The largest absolute Gasteiger partial charge is 0.470 e. The van der Waals surface area contributed by atoms with Crippen LogP contribution in [0.5, 0.6) is 5.88 Å². The third-order valence-corrected chi connectivity index (χ3v) is 6.39. The van der Waals surface area contributed by atoms with Gasteiger partial charge < -0.3 is 14.4 Å². The van der Waals surface area contributed by atoms with Gasteiger partial charge in [0.05, 0.1) is 17.8 Å². The van der Waals surface area contributed by atoms with Crippen molar-refractivity contribution in [3.8, 4) is 17.1 Å². The number of aromatic nitrogens is 3. The number of hydrogen-bond acceptors (Lipinski definition) is 8. The Kier molecular flexibility index (Phi) is 6.24. The predicted octanol–water partition coefficient (Wildman–Crippen LogP) is 1.43. The molecule has 170 valence electrons. The van der Waals surface area contributed by atoms with Crippen LogP contribution in [-0.2, 0) is 14.9 Å². The highest BCUT2D eigenvalue weighted by molar-refractivity contribution is 7.86. The number of hydrogen-bond donors (Lipinski definition) is 1. The Morgan fingerprint density at radius 2 is 1.94 bits per heavy atom. The van der Waals surface area contributed by atoms with Crippen molar-refractivity contribution in [2.24, 2.45) is 5.14 Å². The van der Waals surface area contributed by atoms with Gasteiger partial charge >= 0.3 is 0 Å². The van der Waals surface area contributed by atoms with Crippen LogP contribution in [0.1, 0.15) is 6.92 Å². The van der Waals surface area contributed by atoms with Crippen LogP contribution in [0.2, 0.25) is 0 Å². The normalized spacial score (nSPS) is 18.4. The molecule has 1 fully saturated rings. The summed E-state index contributed by atoms with van der Waals surface area (Å²) in [5, 5.41) is 5.28. The first kappa shape index (κ1) is 22.3. The third kappa shape index (κ3) is 4.80. The SMILES string of the molecule is CC(Oc1nc(-c2ccc(N(C)C)cc2)cc2nccnc12)[C@@H]1CN(S(N)(=O)=O)CCO1. The maximum absolute atomic E-state index is 11.7. The summed E-state index contributed by atoms with van der Waals surface area (Å²) in [4.78, 5) is 15.5. The Hall–Kier alpha value is -2.86. The molecule has 0 amide bonds. The lowest BCUT2D eigenvalue weighted by Gasteiger charge is -2.33. The Morgan fingerprint density at radius 3 is 2.62 bits per heavy atom. The number of nitrogens with zero attached hydrogens (tertiary/aromatic N) is 5. The summed E-state index contributed by atoms with van der Waals surface area (Å²) in [7, 11) is 0.169. The molecule has 2 aromatic heterocycles. The minimum absolute atomic E-state index is 0.106. The minimum Gasteiger partial charge on any atom is -0.470 e. The summed E-state index contributed by atoms with van der Waals surface area (Å²) in [5.74, 6) is 0.311. The first-order valence-electron chi connectivity index (χ1n) is 10.2. The first-order valence-corrected chi connectivity index (χ1v) is 11.7. The second-order valence-corrected chi connectivity index (χ2v) is 9.36. The Bertz CT molecular complexity index is 1200. The number of nitrogens with two attached hydrogens (primary N) is 1. The van der Waals surface area contributed by atoms with Crippen LogP contribution >= 0.6 is 0 Å². The van der Waals surface area contributed by atoms with Crippen molar-refractivity contribution < 1.29 is 17.9 Å². The van der Waals surface area contributed by atoms with Crippen molar-refractivity contribution in [3.63, 3.8) is 0 Å². The summed E-state index contributed by atoms with van der Waals surface area (Å²) in [6.45, 7) is 2.36. The highest BCUT2D eigenvalue weighted by atomic mass is 32.2. The van der Waals surface area contributed by atoms with Gasteiger partial charge in [-0.25, -0.2) is 15.1 Å². The van der Waals surface area contributed by atoms with Crippen LogP contribution < -0.4 is 14.8 Å². The summed E-state index contributed by atoms with van der Waals surface area (Å²) >= 11 is 0. The molecule has 10 nitrogen and oxygen atoms in total. The van der Waals surface area contributed by atoms with Gasteiger partial charge in [0.2, 0.25) is 5.88 Å². The van der Waals surface area contributed by atoms with Crippen LogP contribution in [0, 0.1) is 0 Å². The zero-order valence-electron chi connectivity index (χ0n) is 18.2. The minimum atomic E-state index is -3.80. The van der Waals surface area contributed by atoms with E-state index in [9.17, 15) is 8.42 Å².